The van der Waals surface area contributed by atoms with Gasteiger partial charge in [-0.2, -0.15) is 5.10 Å². The number of hydrazone groups is 1. The Hall–Kier alpha value is -0.940. The lowest BCUT2D eigenvalue weighted by molar-refractivity contribution is 0.239. The number of nitrogens with one attached hydrogen (secondary N) is 1. The van der Waals surface area contributed by atoms with E-state index in [9.17, 15) is 0 Å². The lowest BCUT2D eigenvalue weighted by Gasteiger charge is -2.14. The molecular weight excluding hydrogens is 548 g/mol. The maximum atomic E-state index is 5.85. The molecule has 1 N–H and O–H groups in total. The van der Waals surface area contributed by atoms with Gasteiger partial charge in [-0.1, -0.05) is 23.5 Å². The summed E-state index contributed by atoms with van der Waals surface area (Å²) in [4.78, 5) is 4.50. The summed E-state index contributed by atoms with van der Waals surface area (Å²) >= 11 is 6.18. The summed E-state index contributed by atoms with van der Waals surface area (Å²) in [5.74, 6) is 0.933. The van der Waals surface area contributed by atoms with E-state index in [-0.39, 0.29) is 6.10 Å². The lowest BCUT2D eigenvalue weighted by Crippen LogP contribution is -2.08. The minimum Gasteiger partial charge on any atom is -0.489 e. The molecule has 1 heterocycles. The van der Waals surface area contributed by atoms with Crippen molar-refractivity contribution in [2.75, 3.05) is 5.43 Å². The Morgan fingerprint density at radius 2 is 1.92 bits per heavy atom. The summed E-state index contributed by atoms with van der Waals surface area (Å²) in [6.07, 6.45) is 1.96. The summed E-state index contributed by atoms with van der Waals surface area (Å²) in [7, 11) is 0. The van der Waals surface area contributed by atoms with Crippen LogP contribution in [0.25, 0.3) is 10.2 Å². The molecule has 24 heavy (non-hydrogen) atoms. The summed E-state index contributed by atoms with van der Waals surface area (Å²) in [6.45, 7) is 4.06. The van der Waals surface area contributed by atoms with Gasteiger partial charge in [-0.05, 0) is 88.9 Å². The van der Waals surface area contributed by atoms with Crippen LogP contribution in [0, 0.1) is 7.14 Å². The van der Waals surface area contributed by atoms with Crippen molar-refractivity contribution in [3.8, 4) is 5.75 Å². The summed E-state index contributed by atoms with van der Waals surface area (Å²) in [5, 5.41) is 5.09. The fourth-order valence-corrected chi connectivity index (χ4v) is 4.97. The number of para-hydroxylation sites is 1. The highest BCUT2D eigenvalue weighted by Gasteiger charge is 2.10. The van der Waals surface area contributed by atoms with Gasteiger partial charge >= 0.3 is 0 Å². The number of hydrogen-bond donors (Lipinski definition) is 1. The van der Waals surface area contributed by atoms with E-state index in [0.717, 1.165) is 33.8 Å². The van der Waals surface area contributed by atoms with Crippen LogP contribution in [0.15, 0.2) is 41.5 Å². The van der Waals surface area contributed by atoms with E-state index < -0.39 is 0 Å². The maximum Gasteiger partial charge on any atom is 0.204 e. The van der Waals surface area contributed by atoms with Crippen molar-refractivity contribution in [3.63, 3.8) is 0 Å². The van der Waals surface area contributed by atoms with Gasteiger partial charge in [-0.3, -0.25) is 5.43 Å². The second kappa shape index (κ2) is 7.96. The van der Waals surface area contributed by atoms with Gasteiger partial charge in [-0.25, -0.2) is 4.98 Å². The van der Waals surface area contributed by atoms with Crippen molar-refractivity contribution >= 4 is 78.1 Å². The van der Waals surface area contributed by atoms with Gasteiger partial charge in [0.05, 0.1) is 29.7 Å². The molecule has 3 aromatic rings. The predicted octanol–water partition coefficient (Wildman–Crippen LogP) is 5.74. The van der Waals surface area contributed by atoms with Crippen molar-refractivity contribution in [1.82, 2.24) is 4.98 Å². The van der Waals surface area contributed by atoms with E-state index in [1.807, 2.05) is 32.0 Å². The molecular formula is C17H15I2N3OS. The van der Waals surface area contributed by atoms with E-state index >= 15 is 0 Å². The van der Waals surface area contributed by atoms with Crippen molar-refractivity contribution in [3.05, 3.63) is 49.1 Å². The maximum absolute atomic E-state index is 5.85. The number of rotatable bonds is 5. The second-order valence-electron chi connectivity index (χ2n) is 5.34. The minimum absolute atomic E-state index is 0.159. The third kappa shape index (κ3) is 4.37. The first kappa shape index (κ1) is 17.9. The monoisotopic (exact) mass is 563 g/mol. The predicted molar refractivity (Wildman–Crippen MR) is 118 cm³/mol. The average Bonchev–Trinajstić information content (AvgIpc) is 2.93. The van der Waals surface area contributed by atoms with Crippen LogP contribution in [0.2, 0.25) is 0 Å². The first-order chi connectivity index (χ1) is 11.5. The number of aromatic nitrogens is 1. The van der Waals surface area contributed by atoms with Gasteiger partial charge in [0.15, 0.2) is 0 Å². The van der Waals surface area contributed by atoms with Crippen LogP contribution in [0.4, 0.5) is 5.13 Å². The number of hydrogen-bond acceptors (Lipinski definition) is 5. The Kier molecular flexibility index (Phi) is 5.93. The Labute approximate surface area is 172 Å². The molecule has 0 spiro atoms. The van der Waals surface area contributed by atoms with Crippen LogP contribution in [-0.4, -0.2) is 17.3 Å². The van der Waals surface area contributed by atoms with Crippen molar-refractivity contribution in [1.29, 1.82) is 0 Å². The fourth-order valence-electron chi connectivity index (χ4n) is 2.08. The third-order valence-electron chi connectivity index (χ3n) is 3.04. The van der Waals surface area contributed by atoms with Crippen LogP contribution in [0.3, 0.4) is 0 Å². The highest BCUT2D eigenvalue weighted by atomic mass is 127. The quantitative estimate of drug-likeness (QED) is 0.245. The molecule has 0 saturated carbocycles. The van der Waals surface area contributed by atoms with E-state index in [1.165, 1.54) is 0 Å². The van der Waals surface area contributed by atoms with Crippen LogP contribution >= 0.6 is 56.5 Å². The molecule has 0 bridgehead atoms. The number of thiazole rings is 1. The molecule has 0 amide bonds. The molecule has 0 unspecified atom stereocenters. The number of nitrogens with zero attached hydrogens (tertiary/aromatic N) is 2. The molecule has 124 valence electrons. The Morgan fingerprint density at radius 1 is 1.21 bits per heavy atom. The van der Waals surface area contributed by atoms with Crippen LogP contribution < -0.4 is 10.2 Å². The number of halogens is 2. The smallest absolute Gasteiger partial charge is 0.204 e. The normalized spacial score (nSPS) is 11.5. The zero-order chi connectivity index (χ0) is 17.1. The number of ether oxygens (including phenoxy) is 1. The standard InChI is InChI=1S/C17H15I2N3OS/c1-10(2)23-16-12(18)7-11(8-13(16)19)9-20-22-17-21-14-5-3-4-6-15(14)24-17/h3-10H,1-2H3,(H,21,22)/b20-9-. The molecule has 3 rings (SSSR count). The molecule has 4 nitrogen and oxygen atoms in total. The largest absolute Gasteiger partial charge is 0.489 e. The zero-order valence-electron chi connectivity index (χ0n) is 13.1. The highest BCUT2D eigenvalue weighted by Crippen LogP contribution is 2.29. The van der Waals surface area contributed by atoms with Gasteiger partial charge in [0.2, 0.25) is 5.13 Å². The van der Waals surface area contributed by atoms with Crippen LogP contribution in [0.1, 0.15) is 19.4 Å². The Morgan fingerprint density at radius 3 is 2.58 bits per heavy atom. The zero-order valence-corrected chi connectivity index (χ0v) is 18.2. The molecule has 0 aliphatic heterocycles. The molecule has 0 radical (unpaired) electrons. The molecule has 0 atom stereocenters. The van der Waals surface area contributed by atoms with Gasteiger partial charge in [0.1, 0.15) is 5.75 Å². The third-order valence-corrected chi connectivity index (χ3v) is 5.59. The second-order valence-corrected chi connectivity index (χ2v) is 8.69. The van der Waals surface area contributed by atoms with E-state index in [1.54, 1.807) is 17.6 Å². The Bertz CT molecular complexity index is 836. The van der Waals surface area contributed by atoms with Crippen molar-refractivity contribution < 1.29 is 4.74 Å². The number of benzene rings is 2. The molecule has 1 aromatic heterocycles. The molecule has 0 saturated heterocycles. The van der Waals surface area contributed by atoms with Gasteiger partial charge in [0, 0.05) is 0 Å². The SMILES string of the molecule is CC(C)Oc1c(I)cc(/C=N\Nc2nc3ccccc3s2)cc1I. The molecule has 0 aliphatic rings. The van der Waals surface area contributed by atoms with Crippen LogP contribution in [-0.2, 0) is 0 Å². The van der Waals surface area contributed by atoms with Gasteiger partial charge < -0.3 is 4.74 Å². The first-order valence-electron chi connectivity index (χ1n) is 7.33. The summed E-state index contributed by atoms with van der Waals surface area (Å²) in [5.41, 5.74) is 5.02. The molecule has 0 fully saturated rings. The van der Waals surface area contributed by atoms with Crippen LogP contribution in [0.5, 0.6) is 5.75 Å². The van der Waals surface area contributed by atoms with E-state index in [4.69, 9.17) is 4.74 Å². The summed E-state index contributed by atoms with van der Waals surface area (Å²) in [6, 6.07) is 12.2. The lowest BCUT2D eigenvalue weighted by atomic mass is 10.2. The first-order valence-corrected chi connectivity index (χ1v) is 10.3. The minimum atomic E-state index is 0.159. The topological polar surface area (TPSA) is 46.5 Å². The Balaban J connectivity index is 1.74. The summed E-state index contributed by atoms with van der Waals surface area (Å²) < 4.78 is 9.16. The average molecular weight is 563 g/mol. The van der Waals surface area contributed by atoms with E-state index in [2.05, 4.69) is 78.9 Å². The van der Waals surface area contributed by atoms with E-state index in [0.29, 0.717) is 0 Å². The van der Waals surface area contributed by atoms with Gasteiger partial charge in [0.25, 0.3) is 0 Å². The van der Waals surface area contributed by atoms with Crippen molar-refractivity contribution in [2.24, 2.45) is 5.10 Å². The molecule has 0 aliphatic carbocycles. The van der Waals surface area contributed by atoms with Gasteiger partial charge in [-0.15, -0.1) is 0 Å². The van der Waals surface area contributed by atoms with Crippen molar-refractivity contribution in [2.45, 2.75) is 20.0 Å². The number of fused-ring (bicyclic) bond motifs is 1. The fraction of sp³-hybridized carbons (Fsp3) is 0.176. The molecule has 2 aromatic carbocycles. The highest BCUT2D eigenvalue weighted by molar-refractivity contribution is 14.1. The molecule has 7 heteroatoms. The number of anilines is 1.